The number of hydrogen-bond donors (Lipinski definition) is 0. The summed E-state index contributed by atoms with van der Waals surface area (Å²) in [5.74, 6) is -0.366. The van der Waals surface area contributed by atoms with E-state index in [1.54, 1.807) is 0 Å². The van der Waals surface area contributed by atoms with Gasteiger partial charge in [0.15, 0.2) is 6.10 Å². The summed E-state index contributed by atoms with van der Waals surface area (Å²) in [6.45, 7) is -0.0403. The molecule has 0 N–H and O–H groups in total. The SMILES string of the molecule is COS(=O)(=O)CC1COC(=O)O1. The van der Waals surface area contributed by atoms with E-state index in [9.17, 15) is 13.2 Å². The van der Waals surface area contributed by atoms with Crippen molar-refractivity contribution in [3.8, 4) is 0 Å². The fraction of sp³-hybridized carbons (Fsp3) is 0.800. The molecule has 0 bridgehead atoms. The highest BCUT2D eigenvalue weighted by Crippen LogP contribution is 2.08. The lowest BCUT2D eigenvalue weighted by atomic mass is 10.4. The van der Waals surface area contributed by atoms with Crippen molar-refractivity contribution in [1.29, 1.82) is 0 Å². The van der Waals surface area contributed by atoms with Crippen LogP contribution >= 0.6 is 0 Å². The first-order valence-electron chi connectivity index (χ1n) is 3.15. The molecule has 0 radical (unpaired) electrons. The van der Waals surface area contributed by atoms with Crippen LogP contribution in [0, 0.1) is 0 Å². The Morgan fingerprint density at radius 1 is 1.67 bits per heavy atom. The van der Waals surface area contributed by atoms with Gasteiger partial charge in [0.1, 0.15) is 12.4 Å². The van der Waals surface area contributed by atoms with Gasteiger partial charge in [0, 0.05) is 0 Å². The topological polar surface area (TPSA) is 78.9 Å². The summed E-state index contributed by atoms with van der Waals surface area (Å²) in [5.41, 5.74) is 0. The monoisotopic (exact) mass is 196 g/mol. The number of hydrogen-bond acceptors (Lipinski definition) is 6. The summed E-state index contributed by atoms with van der Waals surface area (Å²) >= 11 is 0. The minimum absolute atomic E-state index is 0.0403. The molecule has 0 aromatic heterocycles. The van der Waals surface area contributed by atoms with Gasteiger partial charge in [-0.05, 0) is 0 Å². The van der Waals surface area contributed by atoms with Gasteiger partial charge in [0.05, 0.1) is 7.11 Å². The molecule has 0 spiro atoms. The molecule has 1 rings (SSSR count). The Hall–Kier alpha value is -0.820. The molecule has 1 atom stereocenters. The van der Waals surface area contributed by atoms with Crippen LogP contribution in [0.3, 0.4) is 0 Å². The van der Waals surface area contributed by atoms with Crippen molar-refractivity contribution in [3.05, 3.63) is 0 Å². The van der Waals surface area contributed by atoms with E-state index in [-0.39, 0.29) is 12.4 Å². The molecule has 1 saturated heterocycles. The molecule has 12 heavy (non-hydrogen) atoms. The second-order valence-electron chi connectivity index (χ2n) is 2.19. The Morgan fingerprint density at radius 2 is 2.33 bits per heavy atom. The maximum atomic E-state index is 10.8. The van der Waals surface area contributed by atoms with Crippen LogP contribution in [0.25, 0.3) is 0 Å². The lowest BCUT2D eigenvalue weighted by Crippen LogP contribution is -2.23. The lowest BCUT2D eigenvalue weighted by Gasteiger charge is -2.04. The van der Waals surface area contributed by atoms with E-state index in [1.807, 2.05) is 0 Å². The highest BCUT2D eigenvalue weighted by Gasteiger charge is 2.29. The van der Waals surface area contributed by atoms with Crippen LogP contribution in [0.1, 0.15) is 0 Å². The van der Waals surface area contributed by atoms with E-state index >= 15 is 0 Å². The molecule has 0 aromatic rings. The Kier molecular flexibility index (Phi) is 2.53. The fourth-order valence-electron chi connectivity index (χ4n) is 0.743. The summed E-state index contributed by atoms with van der Waals surface area (Å²) < 4.78 is 34.6. The van der Waals surface area contributed by atoms with Gasteiger partial charge in [-0.25, -0.2) is 4.79 Å². The fourth-order valence-corrected chi connectivity index (χ4v) is 1.50. The van der Waals surface area contributed by atoms with Gasteiger partial charge in [-0.1, -0.05) is 0 Å². The lowest BCUT2D eigenvalue weighted by molar-refractivity contribution is 0.121. The Balaban J connectivity index is 2.48. The van der Waals surface area contributed by atoms with Crippen LogP contribution in [0.5, 0.6) is 0 Å². The van der Waals surface area contributed by atoms with Gasteiger partial charge in [-0.2, -0.15) is 8.42 Å². The molecule has 0 amide bonds. The molecular formula is C5H8O6S. The van der Waals surface area contributed by atoms with Gasteiger partial charge in [0.2, 0.25) is 0 Å². The van der Waals surface area contributed by atoms with E-state index < -0.39 is 22.4 Å². The normalized spacial score (nSPS) is 23.4. The molecule has 7 heteroatoms. The zero-order chi connectivity index (χ0) is 9.19. The van der Waals surface area contributed by atoms with Crippen LogP contribution in [-0.4, -0.2) is 40.1 Å². The summed E-state index contributed by atoms with van der Waals surface area (Å²) in [6, 6.07) is 0. The maximum Gasteiger partial charge on any atom is 0.508 e. The standard InChI is InChI=1S/C5H8O6S/c1-9-12(7,8)3-4-2-10-5(6)11-4/h4H,2-3H2,1H3. The Bertz CT molecular complexity index is 268. The van der Waals surface area contributed by atoms with Crippen molar-refractivity contribution in [2.45, 2.75) is 6.10 Å². The summed E-state index contributed by atoms with van der Waals surface area (Å²) in [6.07, 6.45) is -1.59. The first kappa shape index (κ1) is 9.27. The predicted molar refractivity (Wildman–Crippen MR) is 37.0 cm³/mol. The second-order valence-corrected chi connectivity index (χ2v) is 3.97. The first-order chi connectivity index (χ1) is 5.53. The quantitative estimate of drug-likeness (QED) is 0.447. The minimum Gasteiger partial charge on any atom is -0.430 e. The molecule has 1 aliphatic rings. The molecular weight excluding hydrogens is 188 g/mol. The van der Waals surface area contributed by atoms with Crippen molar-refractivity contribution in [2.24, 2.45) is 0 Å². The van der Waals surface area contributed by atoms with Gasteiger partial charge >= 0.3 is 6.16 Å². The molecule has 1 unspecified atom stereocenters. The van der Waals surface area contributed by atoms with Crippen LogP contribution in [-0.2, 0) is 23.8 Å². The minimum atomic E-state index is -3.58. The molecule has 0 aliphatic carbocycles. The van der Waals surface area contributed by atoms with Crippen LogP contribution in [0.2, 0.25) is 0 Å². The zero-order valence-corrected chi connectivity index (χ0v) is 7.17. The third-order valence-electron chi connectivity index (χ3n) is 1.29. The van der Waals surface area contributed by atoms with Crippen molar-refractivity contribution in [2.75, 3.05) is 19.5 Å². The highest BCUT2D eigenvalue weighted by atomic mass is 32.2. The van der Waals surface area contributed by atoms with Crippen LogP contribution < -0.4 is 0 Å². The first-order valence-corrected chi connectivity index (χ1v) is 4.73. The second kappa shape index (κ2) is 3.28. The molecule has 6 nitrogen and oxygen atoms in total. The molecule has 70 valence electrons. The van der Waals surface area contributed by atoms with Crippen molar-refractivity contribution in [3.63, 3.8) is 0 Å². The summed E-state index contributed by atoms with van der Waals surface area (Å²) in [5, 5.41) is 0. The Morgan fingerprint density at radius 3 is 2.75 bits per heavy atom. The van der Waals surface area contributed by atoms with E-state index in [0.29, 0.717) is 0 Å². The van der Waals surface area contributed by atoms with Crippen LogP contribution in [0.4, 0.5) is 4.79 Å². The molecule has 1 fully saturated rings. The average molecular weight is 196 g/mol. The average Bonchev–Trinajstić information content (AvgIpc) is 2.35. The van der Waals surface area contributed by atoms with Crippen LogP contribution in [0.15, 0.2) is 0 Å². The van der Waals surface area contributed by atoms with Gasteiger partial charge in [-0.15, -0.1) is 0 Å². The van der Waals surface area contributed by atoms with Gasteiger partial charge < -0.3 is 9.47 Å². The molecule has 0 saturated carbocycles. The van der Waals surface area contributed by atoms with E-state index in [2.05, 4.69) is 13.7 Å². The summed E-state index contributed by atoms with van der Waals surface area (Å²) in [7, 11) is -2.53. The van der Waals surface area contributed by atoms with Crippen molar-refractivity contribution < 1.29 is 26.9 Å². The molecule has 1 heterocycles. The molecule has 1 aliphatic heterocycles. The Labute approximate surface area is 69.5 Å². The predicted octanol–water partition coefficient (Wildman–Crippen LogP) is -0.502. The van der Waals surface area contributed by atoms with Crippen molar-refractivity contribution >= 4 is 16.3 Å². The third kappa shape index (κ3) is 2.35. The zero-order valence-electron chi connectivity index (χ0n) is 6.35. The van der Waals surface area contributed by atoms with E-state index in [4.69, 9.17) is 0 Å². The van der Waals surface area contributed by atoms with Crippen molar-refractivity contribution in [1.82, 2.24) is 0 Å². The molecule has 0 aromatic carbocycles. The largest absolute Gasteiger partial charge is 0.508 e. The van der Waals surface area contributed by atoms with Gasteiger partial charge in [-0.3, -0.25) is 4.18 Å². The highest BCUT2D eigenvalue weighted by molar-refractivity contribution is 7.86. The summed E-state index contributed by atoms with van der Waals surface area (Å²) in [4.78, 5) is 10.3. The maximum absolute atomic E-state index is 10.8. The number of cyclic esters (lactones) is 2. The number of carbonyl (C=O) groups is 1. The third-order valence-corrected chi connectivity index (χ3v) is 2.58. The van der Waals surface area contributed by atoms with Gasteiger partial charge in [0.25, 0.3) is 10.1 Å². The smallest absolute Gasteiger partial charge is 0.430 e. The van der Waals surface area contributed by atoms with E-state index in [0.717, 1.165) is 7.11 Å². The number of ether oxygens (including phenoxy) is 2. The number of rotatable bonds is 3. The van der Waals surface area contributed by atoms with E-state index in [1.165, 1.54) is 0 Å². The number of carbonyl (C=O) groups excluding carboxylic acids is 1.